The van der Waals surface area contributed by atoms with Crippen LogP contribution in [0.5, 0.6) is 0 Å². The molecule has 0 fully saturated rings. The van der Waals surface area contributed by atoms with Gasteiger partial charge >= 0.3 is 0 Å². The quantitative estimate of drug-likeness (QED) is 0.630. The number of benzene rings is 2. The van der Waals surface area contributed by atoms with Gasteiger partial charge in [-0.15, -0.1) is 0 Å². The zero-order valence-electron chi connectivity index (χ0n) is 11.0. The summed E-state index contributed by atoms with van der Waals surface area (Å²) >= 11 is 18.6. The van der Waals surface area contributed by atoms with Crippen molar-refractivity contribution < 1.29 is 0 Å². The van der Waals surface area contributed by atoms with E-state index in [-0.39, 0.29) is 6.04 Å². The van der Waals surface area contributed by atoms with Gasteiger partial charge in [-0.05, 0) is 48.2 Å². The average Bonchev–Trinajstić information content (AvgIpc) is 2.42. The fourth-order valence-electron chi connectivity index (χ4n) is 2.03. The van der Waals surface area contributed by atoms with Gasteiger partial charge in [0, 0.05) is 15.1 Å². The van der Waals surface area contributed by atoms with E-state index in [9.17, 15) is 0 Å². The lowest BCUT2D eigenvalue weighted by atomic mass is 9.98. The van der Waals surface area contributed by atoms with Crippen LogP contribution in [0, 0.1) is 6.92 Å². The Morgan fingerprint density at radius 2 is 1.70 bits per heavy atom. The molecule has 2 rings (SSSR count). The van der Waals surface area contributed by atoms with Crippen molar-refractivity contribution in [1.29, 1.82) is 0 Å². The molecular formula is C15H15Cl3N2. The maximum atomic E-state index is 6.20. The lowest BCUT2D eigenvalue weighted by molar-refractivity contribution is 0.552. The molecule has 0 aromatic heterocycles. The monoisotopic (exact) mass is 328 g/mol. The molecule has 106 valence electrons. The molecule has 0 heterocycles. The Morgan fingerprint density at radius 1 is 1.05 bits per heavy atom. The van der Waals surface area contributed by atoms with E-state index < -0.39 is 0 Å². The SMILES string of the molecule is Cc1ccc(C(Cc2c(Cl)cccc2Cl)NN)cc1Cl. The van der Waals surface area contributed by atoms with Gasteiger partial charge < -0.3 is 0 Å². The molecule has 20 heavy (non-hydrogen) atoms. The third-order valence-corrected chi connectivity index (χ3v) is 4.38. The van der Waals surface area contributed by atoms with Crippen LogP contribution in [0.1, 0.15) is 22.7 Å². The van der Waals surface area contributed by atoms with Crippen LogP contribution < -0.4 is 11.3 Å². The van der Waals surface area contributed by atoms with Crippen LogP contribution in [-0.4, -0.2) is 0 Å². The summed E-state index contributed by atoms with van der Waals surface area (Å²) in [6, 6.07) is 11.2. The highest BCUT2D eigenvalue weighted by Gasteiger charge is 2.15. The van der Waals surface area contributed by atoms with Crippen LogP contribution in [0.15, 0.2) is 36.4 Å². The third-order valence-electron chi connectivity index (χ3n) is 3.27. The summed E-state index contributed by atoms with van der Waals surface area (Å²) in [4.78, 5) is 0. The van der Waals surface area contributed by atoms with Crippen LogP contribution in [0.4, 0.5) is 0 Å². The summed E-state index contributed by atoms with van der Waals surface area (Å²) in [5.74, 6) is 5.66. The molecule has 1 unspecified atom stereocenters. The molecule has 2 aromatic rings. The number of aryl methyl sites for hydroxylation is 1. The molecule has 0 radical (unpaired) electrons. The van der Waals surface area contributed by atoms with Gasteiger partial charge in [-0.1, -0.05) is 53.0 Å². The first kappa shape index (κ1) is 15.6. The zero-order valence-corrected chi connectivity index (χ0v) is 13.2. The van der Waals surface area contributed by atoms with Crippen molar-refractivity contribution in [2.75, 3.05) is 0 Å². The largest absolute Gasteiger partial charge is 0.271 e. The molecule has 0 spiro atoms. The van der Waals surface area contributed by atoms with Crippen LogP contribution in [-0.2, 0) is 6.42 Å². The third kappa shape index (κ3) is 3.46. The van der Waals surface area contributed by atoms with Gasteiger partial charge in [0.2, 0.25) is 0 Å². The lowest BCUT2D eigenvalue weighted by Crippen LogP contribution is -2.29. The topological polar surface area (TPSA) is 38.0 Å². The smallest absolute Gasteiger partial charge is 0.0501 e. The first-order valence-corrected chi connectivity index (χ1v) is 7.31. The van der Waals surface area contributed by atoms with Crippen LogP contribution in [0.3, 0.4) is 0 Å². The molecule has 0 aliphatic carbocycles. The highest BCUT2D eigenvalue weighted by molar-refractivity contribution is 6.36. The summed E-state index contributed by atoms with van der Waals surface area (Å²) in [5.41, 5.74) is 5.69. The lowest BCUT2D eigenvalue weighted by Gasteiger charge is -2.18. The second-order valence-corrected chi connectivity index (χ2v) is 5.85. The van der Waals surface area contributed by atoms with Crippen molar-refractivity contribution in [3.05, 3.63) is 68.2 Å². The second kappa shape index (κ2) is 6.79. The van der Waals surface area contributed by atoms with E-state index in [1.807, 2.05) is 43.3 Å². The number of hydrazine groups is 1. The van der Waals surface area contributed by atoms with E-state index in [0.717, 1.165) is 16.7 Å². The average molecular weight is 330 g/mol. The van der Waals surface area contributed by atoms with Crippen LogP contribution in [0.25, 0.3) is 0 Å². The fourth-order valence-corrected chi connectivity index (χ4v) is 2.77. The predicted molar refractivity (Wildman–Crippen MR) is 86.4 cm³/mol. The van der Waals surface area contributed by atoms with Crippen molar-refractivity contribution >= 4 is 34.8 Å². The van der Waals surface area contributed by atoms with Crippen molar-refractivity contribution in [2.24, 2.45) is 5.84 Å². The van der Waals surface area contributed by atoms with Crippen molar-refractivity contribution in [3.8, 4) is 0 Å². The normalized spacial score (nSPS) is 12.4. The summed E-state index contributed by atoms with van der Waals surface area (Å²) in [7, 11) is 0. The Balaban J connectivity index is 2.31. The van der Waals surface area contributed by atoms with E-state index in [1.165, 1.54) is 0 Å². The van der Waals surface area contributed by atoms with Gasteiger partial charge in [-0.2, -0.15) is 0 Å². The van der Waals surface area contributed by atoms with E-state index in [2.05, 4.69) is 5.43 Å². The molecule has 2 aromatic carbocycles. The second-order valence-electron chi connectivity index (χ2n) is 4.63. The van der Waals surface area contributed by atoms with Gasteiger partial charge in [0.05, 0.1) is 6.04 Å². The van der Waals surface area contributed by atoms with E-state index in [4.69, 9.17) is 40.6 Å². The Hall–Kier alpha value is -0.770. The predicted octanol–water partition coefficient (Wildman–Crippen LogP) is 4.70. The molecule has 1 atom stereocenters. The summed E-state index contributed by atoms with van der Waals surface area (Å²) < 4.78 is 0. The number of nitrogens with two attached hydrogens (primary N) is 1. The molecule has 0 saturated heterocycles. The van der Waals surface area contributed by atoms with Crippen molar-refractivity contribution in [1.82, 2.24) is 5.43 Å². The van der Waals surface area contributed by atoms with E-state index >= 15 is 0 Å². The fraction of sp³-hybridized carbons (Fsp3) is 0.200. The maximum absolute atomic E-state index is 6.20. The minimum atomic E-state index is -0.106. The van der Waals surface area contributed by atoms with Crippen molar-refractivity contribution in [3.63, 3.8) is 0 Å². The Bertz CT molecular complexity index is 594. The van der Waals surface area contributed by atoms with Crippen LogP contribution >= 0.6 is 34.8 Å². The van der Waals surface area contributed by atoms with Gasteiger partial charge in [-0.25, -0.2) is 0 Å². The first-order valence-electron chi connectivity index (χ1n) is 6.18. The highest BCUT2D eigenvalue weighted by atomic mass is 35.5. The summed E-state index contributed by atoms with van der Waals surface area (Å²) in [5, 5.41) is 1.99. The summed E-state index contributed by atoms with van der Waals surface area (Å²) in [6.45, 7) is 1.96. The van der Waals surface area contributed by atoms with Gasteiger partial charge in [-0.3, -0.25) is 11.3 Å². The minimum Gasteiger partial charge on any atom is -0.271 e. The molecule has 0 bridgehead atoms. The van der Waals surface area contributed by atoms with Gasteiger partial charge in [0.15, 0.2) is 0 Å². The Labute approximate surface area is 133 Å². The van der Waals surface area contributed by atoms with Gasteiger partial charge in [0.1, 0.15) is 0 Å². The maximum Gasteiger partial charge on any atom is 0.0501 e. The number of hydrogen-bond donors (Lipinski definition) is 2. The molecule has 0 saturated carbocycles. The summed E-state index contributed by atoms with van der Waals surface area (Å²) in [6.07, 6.45) is 0.592. The van der Waals surface area contributed by atoms with E-state index in [1.54, 1.807) is 0 Å². The minimum absolute atomic E-state index is 0.106. The van der Waals surface area contributed by atoms with E-state index in [0.29, 0.717) is 21.5 Å². The van der Waals surface area contributed by atoms with Crippen molar-refractivity contribution in [2.45, 2.75) is 19.4 Å². The Kier molecular flexibility index (Phi) is 5.30. The zero-order chi connectivity index (χ0) is 14.7. The number of nitrogens with one attached hydrogen (secondary N) is 1. The van der Waals surface area contributed by atoms with Gasteiger partial charge in [0.25, 0.3) is 0 Å². The number of halogens is 3. The molecule has 2 nitrogen and oxygen atoms in total. The number of rotatable bonds is 4. The molecule has 5 heteroatoms. The standard InChI is InChI=1S/C15H15Cl3N2/c1-9-5-6-10(7-14(9)18)15(20-19)8-11-12(16)3-2-4-13(11)17/h2-7,15,20H,8,19H2,1H3. The van der Waals surface area contributed by atoms with Crippen LogP contribution in [0.2, 0.25) is 15.1 Å². The molecule has 0 aliphatic heterocycles. The molecule has 3 N–H and O–H groups in total. The molecule has 0 aliphatic rings. The molecule has 0 amide bonds. The first-order chi connectivity index (χ1) is 9.52. The Morgan fingerprint density at radius 3 is 2.25 bits per heavy atom. The number of hydrogen-bond acceptors (Lipinski definition) is 2. The highest BCUT2D eigenvalue weighted by Crippen LogP contribution is 2.30. The molecular weight excluding hydrogens is 315 g/mol.